The smallest absolute Gasteiger partial charge is 0.247 e. The molecule has 0 aromatic heterocycles. The van der Waals surface area contributed by atoms with Crippen LogP contribution in [0.3, 0.4) is 0 Å². The Balaban J connectivity index is 1.07. The van der Waals surface area contributed by atoms with Gasteiger partial charge in [-0.05, 0) is 98.4 Å². The summed E-state index contributed by atoms with van der Waals surface area (Å²) in [5, 5.41) is 6.11. The summed E-state index contributed by atoms with van der Waals surface area (Å²) < 4.78 is 0. The van der Waals surface area contributed by atoms with Crippen molar-refractivity contribution in [3.63, 3.8) is 0 Å². The number of benzene rings is 4. The molecule has 4 aromatic carbocycles. The number of hydrogen-bond acceptors (Lipinski definition) is 6. The Hall–Kier alpha value is -5.32. The first kappa shape index (κ1) is 40.3. The number of rotatable bonds is 15. The number of hydrogen-bond donors (Lipinski definition) is 2. The molecule has 4 atom stereocenters. The minimum Gasteiger partial charge on any atom is -0.329 e. The monoisotopic (exact) mass is 756 g/mol. The molecule has 56 heavy (non-hydrogen) atoms. The van der Waals surface area contributed by atoms with E-state index in [9.17, 15) is 19.2 Å². The lowest BCUT2D eigenvalue weighted by Crippen LogP contribution is -2.48. The van der Waals surface area contributed by atoms with E-state index >= 15 is 0 Å². The summed E-state index contributed by atoms with van der Waals surface area (Å²) in [6.07, 6.45) is 2.80. The molecule has 0 radical (unpaired) electrons. The van der Waals surface area contributed by atoms with Gasteiger partial charge < -0.3 is 20.4 Å². The Bertz CT molecular complexity index is 1770. The van der Waals surface area contributed by atoms with E-state index in [4.69, 9.17) is 0 Å². The molecule has 2 aliphatic heterocycles. The van der Waals surface area contributed by atoms with E-state index < -0.39 is 24.2 Å². The maximum Gasteiger partial charge on any atom is 0.247 e. The van der Waals surface area contributed by atoms with Gasteiger partial charge in [0.25, 0.3) is 0 Å². The topological polar surface area (TPSA) is 105 Å². The number of amides is 4. The molecule has 2 aliphatic rings. The molecular weight excluding hydrogens is 701 g/mol. The Kier molecular flexibility index (Phi) is 13.7. The van der Waals surface area contributed by atoms with Crippen LogP contribution in [0, 0.1) is 0 Å². The number of carbonyl (C=O) groups excluding carboxylic acids is 4. The van der Waals surface area contributed by atoms with Crippen molar-refractivity contribution in [2.45, 2.75) is 77.5 Å². The van der Waals surface area contributed by atoms with Crippen molar-refractivity contribution >= 4 is 35.0 Å². The number of nitrogens with one attached hydrogen (secondary N) is 2. The van der Waals surface area contributed by atoms with Gasteiger partial charge in [-0.2, -0.15) is 0 Å². The molecule has 0 spiro atoms. The van der Waals surface area contributed by atoms with Gasteiger partial charge in [0.2, 0.25) is 23.6 Å². The van der Waals surface area contributed by atoms with Crippen LogP contribution in [0.4, 0.5) is 11.4 Å². The molecule has 0 aliphatic carbocycles. The van der Waals surface area contributed by atoms with Gasteiger partial charge in [0, 0.05) is 24.5 Å². The standard InChI is InChI=1S/C46H56N6O4/c1-5-49(6-2)41(35-17-11-9-12-18-35)45(55)51-31-15-21-39(51)43(53)47-37-27-23-33(24-28-37)34-25-29-38(30-26-34)48-44(54)40-22-16-32-52(40)46(56)42(50(7-3)8-4)36-19-13-10-14-20-36/h9-14,17-20,23-30,39-42H,5-8,15-16,21-22,31-32H2,1-4H3,(H,47,53)(H,48,54)/t39?,40?,41-,42-/m0/s1. The van der Waals surface area contributed by atoms with Crippen LogP contribution in [0.25, 0.3) is 11.1 Å². The fraction of sp³-hybridized carbons (Fsp3) is 0.391. The van der Waals surface area contributed by atoms with Crippen molar-refractivity contribution in [1.82, 2.24) is 19.6 Å². The van der Waals surface area contributed by atoms with Gasteiger partial charge in [0.1, 0.15) is 24.2 Å². The summed E-state index contributed by atoms with van der Waals surface area (Å²) in [6, 6.07) is 33.0. The Labute approximate surface area is 331 Å². The molecule has 294 valence electrons. The lowest BCUT2D eigenvalue weighted by atomic mass is 10.0. The maximum atomic E-state index is 14.0. The number of anilines is 2. The molecule has 4 aromatic rings. The molecule has 2 saturated heterocycles. The van der Waals surface area contributed by atoms with Crippen LogP contribution in [0.2, 0.25) is 0 Å². The first-order chi connectivity index (χ1) is 27.3. The molecule has 0 bridgehead atoms. The van der Waals surface area contributed by atoms with Gasteiger partial charge in [-0.1, -0.05) is 113 Å². The van der Waals surface area contributed by atoms with Gasteiger partial charge in [-0.25, -0.2) is 0 Å². The number of nitrogens with zero attached hydrogens (tertiary/aromatic N) is 4. The van der Waals surface area contributed by atoms with Gasteiger partial charge in [-0.15, -0.1) is 0 Å². The van der Waals surface area contributed by atoms with E-state index in [1.807, 2.05) is 109 Å². The molecule has 4 amide bonds. The van der Waals surface area contributed by atoms with Crippen LogP contribution in [-0.4, -0.2) is 94.6 Å². The third kappa shape index (κ3) is 9.03. The van der Waals surface area contributed by atoms with E-state index in [2.05, 4.69) is 48.1 Å². The molecule has 10 heteroatoms. The maximum absolute atomic E-state index is 14.0. The molecule has 2 fully saturated rings. The van der Waals surface area contributed by atoms with Crippen molar-refractivity contribution in [3.05, 3.63) is 120 Å². The number of likely N-dealkylation sites (N-methyl/N-ethyl adjacent to an activating group) is 2. The Morgan fingerprint density at radius 1 is 0.536 bits per heavy atom. The van der Waals surface area contributed by atoms with Crippen LogP contribution in [0.5, 0.6) is 0 Å². The van der Waals surface area contributed by atoms with Crippen molar-refractivity contribution in [1.29, 1.82) is 0 Å². The van der Waals surface area contributed by atoms with Gasteiger partial charge in [0.05, 0.1) is 0 Å². The average Bonchev–Trinajstić information content (AvgIpc) is 3.94. The second kappa shape index (κ2) is 19.0. The summed E-state index contributed by atoms with van der Waals surface area (Å²) >= 11 is 0. The molecule has 2 N–H and O–H groups in total. The number of carbonyl (C=O) groups is 4. The summed E-state index contributed by atoms with van der Waals surface area (Å²) in [5.41, 5.74) is 5.12. The first-order valence-corrected chi connectivity index (χ1v) is 20.3. The minimum absolute atomic E-state index is 0.0337. The zero-order valence-corrected chi connectivity index (χ0v) is 33.2. The largest absolute Gasteiger partial charge is 0.329 e. The highest BCUT2D eigenvalue weighted by Crippen LogP contribution is 2.31. The fourth-order valence-electron chi connectivity index (χ4n) is 8.33. The number of likely N-dealkylation sites (tertiary alicyclic amines) is 2. The molecule has 2 heterocycles. The van der Waals surface area contributed by atoms with E-state index in [0.29, 0.717) is 37.3 Å². The molecule has 2 unspecified atom stereocenters. The third-order valence-electron chi connectivity index (χ3n) is 11.4. The predicted molar refractivity (Wildman–Crippen MR) is 223 cm³/mol. The van der Waals surface area contributed by atoms with Crippen LogP contribution >= 0.6 is 0 Å². The summed E-state index contributed by atoms with van der Waals surface area (Å²) in [6.45, 7) is 12.2. The fourth-order valence-corrected chi connectivity index (χ4v) is 8.33. The van der Waals surface area contributed by atoms with Gasteiger partial charge >= 0.3 is 0 Å². The van der Waals surface area contributed by atoms with Crippen LogP contribution < -0.4 is 10.6 Å². The van der Waals surface area contributed by atoms with Crippen LogP contribution in [0.15, 0.2) is 109 Å². The van der Waals surface area contributed by atoms with E-state index in [1.165, 1.54) is 0 Å². The highest BCUT2D eigenvalue weighted by Gasteiger charge is 2.40. The summed E-state index contributed by atoms with van der Waals surface area (Å²) in [5.74, 6) is -0.426. The van der Waals surface area contributed by atoms with Gasteiger partial charge in [0.15, 0.2) is 0 Å². The minimum atomic E-state index is -0.534. The van der Waals surface area contributed by atoms with Crippen molar-refractivity contribution < 1.29 is 19.2 Å². The third-order valence-corrected chi connectivity index (χ3v) is 11.4. The quantitative estimate of drug-likeness (QED) is 0.131. The normalized spacial score (nSPS) is 17.9. The van der Waals surface area contributed by atoms with E-state index in [0.717, 1.165) is 61.3 Å². The van der Waals surface area contributed by atoms with Crippen LogP contribution in [0.1, 0.15) is 76.6 Å². The summed E-state index contributed by atoms with van der Waals surface area (Å²) in [7, 11) is 0. The highest BCUT2D eigenvalue weighted by atomic mass is 16.2. The Morgan fingerprint density at radius 3 is 1.20 bits per heavy atom. The lowest BCUT2D eigenvalue weighted by molar-refractivity contribution is -0.141. The summed E-state index contributed by atoms with van der Waals surface area (Å²) in [4.78, 5) is 63.1. The zero-order chi connectivity index (χ0) is 39.6. The highest BCUT2D eigenvalue weighted by molar-refractivity contribution is 5.99. The van der Waals surface area contributed by atoms with Crippen LogP contribution in [-0.2, 0) is 19.2 Å². The van der Waals surface area contributed by atoms with Gasteiger partial charge in [-0.3, -0.25) is 29.0 Å². The molecular formula is C46H56N6O4. The first-order valence-electron chi connectivity index (χ1n) is 20.3. The Morgan fingerprint density at radius 2 is 0.875 bits per heavy atom. The van der Waals surface area contributed by atoms with Crippen molar-refractivity contribution in [3.8, 4) is 11.1 Å². The predicted octanol–water partition coefficient (Wildman–Crippen LogP) is 7.38. The SMILES string of the molecule is CCN(CC)[C@H](C(=O)N1CCCC1C(=O)Nc1ccc(-c2ccc(NC(=O)C3CCCN3C(=O)[C@H](c3ccccc3)N(CC)CC)cc2)cc1)c1ccccc1. The van der Waals surface area contributed by atoms with E-state index in [-0.39, 0.29) is 23.6 Å². The molecule has 0 saturated carbocycles. The van der Waals surface area contributed by atoms with E-state index in [1.54, 1.807) is 9.80 Å². The molecule has 6 rings (SSSR count). The van der Waals surface area contributed by atoms with Crippen molar-refractivity contribution in [2.75, 3.05) is 49.9 Å². The van der Waals surface area contributed by atoms with Crippen molar-refractivity contribution in [2.24, 2.45) is 0 Å². The molecule has 10 nitrogen and oxygen atoms in total. The second-order valence-corrected chi connectivity index (χ2v) is 14.6. The second-order valence-electron chi connectivity index (χ2n) is 14.6. The zero-order valence-electron chi connectivity index (χ0n) is 33.2. The average molecular weight is 757 g/mol. The lowest BCUT2D eigenvalue weighted by Gasteiger charge is -2.34.